The SMILES string of the molecule is C/C=C\Cn1c(=O)c2c(nc(-n3nc(C)c(C)c3C)n2C)n(C)c1=O. The van der Waals surface area contributed by atoms with Gasteiger partial charge in [-0.3, -0.25) is 13.9 Å². The van der Waals surface area contributed by atoms with Crippen molar-refractivity contribution >= 4 is 11.2 Å². The molecule has 8 heteroatoms. The maximum Gasteiger partial charge on any atom is 0.332 e. The third-order valence-corrected chi connectivity index (χ3v) is 4.70. The summed E-state index contributed by atoms with van der Waals surface area (Å²) in [5.74, 6) is 0.514. The summed E-state index contributed by atoms with van der Waals surface area (Å²) in [7, 11) is 3.39. The molecule has 0 bridgehead atoms. The Labute approximate surface area is 144 Å². The van der Waals surface area contributed by atoms with Crippen molar-refractivity contribution in [3.05, 3.63) is 49.9 Å². The second-order valence-electron chi connectivity index (χ2n) is 6.18. The first-order chi connectivity index (χ1) is 11.8. The summed E-state index contributed by atoms with van der Waals surface area (Å²) in [6.07, 6.45) is 3.58. The van der Waals surface area contributed by atoms with Crippen LogP contribution in [-0.2, 0) is 20.6 Å². The van der Waals surface area contributed by atoms with Crippen LogP contribution in [0, 0.1) is 20.8 Å². The third-order valence-electron chi connectivity index (χ3n) is 4.70. The number of nitrogens with zero attached hydrogens (tertiary/aromatic N) is 6. The zero-order valence-electron chi connectivity index (χ0n) is 15.4. The second-order valence-corrected chi connectivity index (χ2v) is 6.18. The van der Waals surface area contributed by atoms with Gasteiger partial charge in [0.15, 0.2) is 11.2 Å². The largest absolute Gasteiger partial charge is 0.332 e. The van der Waals surface area contributed by atoms with Crippen LogP contribution in [0.15, 0.2) is 21.7 Å². The lowest BCUT2D eigenvalue weighted by atomic mass is 10.2. The van der Waals surface area contributed by atoms with Gasteiger partial charge in [0.05, 0.1) is 5.69 Å². The first kappa shape index (κ1) is 16.9. The molecule has 8 nitrogen and oxygen atoms in total. The monoisotopic (exact) mass is 342 g/mol. The maximum absolute atomic E-state index is 12.9. The summed E-state index contributed by atoms with van der Waals surface area (Å²) >= 11 is 0. The molecule has 0 saturated carbocycles. The molecule has 0 fully saturated rings. The van der Waals surface area contributed by atoms with Gasteiger partial charge in [0.1, 0.15) is 0 Å². The molecule has 0 amide bonds. The molecule has 132 valence electrons. The molecule has 0 spiro atoms. The zero-order valence-corrected chi connectivity index (χ0v) is 15.4. The van der Waals surface area contributed by atoms with Gasteiger partial charge in [0.2, 0.25) is 5.95 Å². The zero-order chi connectivity index (χ0) is 18.5. The smallest absolute Gasteiger partial charge is 0.306 e. The highest BCUT2D eigenvalue weighted by atomic mass is 16.2. The Kier molecular flexibility index (Phi) is 3.98. The number of imidazole rings is 1. The molecular weight excluding hydrogens is 320 g/mol. The highest BCUT2D eigenvalue weighted by molar-refractivity contribution is 5.72. The Hall–Kier alpha value is -2.90. The minimum Gasteiger partial charge on any atom is -0.306 e. The van der Waals surface area contributed by atoms with Gasteiger partial charge >= 0.3 is 5.69 Å². The fraction of sp³-hybridized carbons (Fsp3) is 0.412. The van der Waals surface area contributed by atoms with Crippen LogP contribution >= 0.6 is 0 Å². The summed E-state index contributed by atoms with van der Waals surface area (Å²) in [6.45, 7) is 7.97. The molecule has 0 aromatic carbocycles. The molecule has 25 heavy (non-hydrogen) atoms. The molecule has 3 aromatic rings. The van der Waals surface area contributed by atoms with E-state index in [4.69, 9.17) is 0 Å². The maximum atomic E-state index is 12.9. The van der Waals surface area contributed by atoms with Crippen molar-refractivity contribution in [2.75, 3.05) is 0 Å². The van der Waals surface area contributed by atoms with E-state index in [0.29, 0.717) is 17.1 Å². The molecular formula is C17H22N6O2. The topological polar surface area (TPSA) is 79.6 Å². The Morgan fingerprint density at radius 3 is 2.32 bits per heavy atom. The van der Waals surface area contributed by atoms with Crippen LogP contribution in [0.3, 0.4) is 0 Å². The van der Waals surface area contributed by atoms with E-state index < -0.39 is 0 Å². The van der Waals surface area contributed by atoms with Gasteiger partial charge in [0.25, 0.3) is 5.56 Å². The summed E-state index contributed by atoms with van der Waals surface area (Å²) < 4.78 is 6.02. The lowest BCUT2D eigenvalue weighted by Crippen LogP contribution is -2.39. The number of hydrogen-bond donors (Lipinski definition) is 0. The lowest BCUT2D eigenvalue weighted by Gasteiger charge is -2.06. The summed E-state index contributed by atoms with van der Waals surface area (Å²) in [5, 5.41) is 4.52. The Balaban J connectivity index is 2.39. The molecule has 0 aliphatic heterocycles. The predicted octanol–water partition coefficient (Wildman–Crippen LogP) is 1.12. The Morgan fingerprint density at radius 2 is 1.76 bits per heavy atom. The van der Waals surface area contributed by atoms with Gasteiger partial charge in [0, 0.05) is 26.3 Å². The normalized spacial score (nSPS) is 11.9. The average Bonchev–Trinajstić information content (AvgIpc) is 3.05. The summed E-state index contributed by atoms with van der Waals surface area (Å²) in [6, 6.07) is 0. The van der Waals surface area contributed by atoms with E-state index in [-0.39, 0.29) is 17.8 Å². The Morgan fingerprint density at radius 1 is 1.08 bits per heavy atom. The van der Waals surface area contributed by atoms with Crippen molar-refractivity contribution in [1.82, 2.24) is 28.5 Å². The average molecular weight is 342 g/mol. The van der Waals surface area contributed by atoms with Gasteiger partial charge in [-0.2, -0.15) is 10.1 Å². The molecule has 3 heterocycles. The number of hydrogen-bond acceptors (Lipinski definition) is 4. The van der Waals surface area contributed by atoms with Crippen LogP contribution in [-0.4, -0.2) is 28.5 Å². The molecule has 0 radical (unpaired) electrons. The van der Waals surface area contributed by atoms with Crippen molar-refractivity contribution < 1.29 is 0 Å². The number of allylic oxidation sites excluding steroid dienone is 2. The standard InChI is InChI=1S/C17H22N6O2/c1-7-8-9-22-15(24)13-14(21(6)17(22)25)18-16(20(13)5)23-12(4)10(2)11(3)19-23/h7-8H,9H2,1-6H3/b8-7-. The minimum atomic E-state index is -0.384. The molecule has 0 aliphatic rings. The van der Waals surface area contributed by atoms with E-state index in [1.165, 1.54) is 9.13 Å². The van der Waals surface area contributed by atoms with E-state index in [9.17, 15) is 9.59 Å². The van der Waals surface area contributed by atoms with Gasteiger partial charge in [-0.15, -0.1) is 0 Å². The first-order valence-electron chi connectivity index (χ1n) is 8.10. The predicted molar refractivity (Wildman–Crippen MR) is 96.4 cm³/mol. The van der Waals surface area contributed by atoms with Gasteiger partial charge < -0.3 is 4.57 Å². The number of aryl methyl sites for hydroxylation is 3. The van der Waals surface area contributed by atoms with Crippen LogP contribution in [0.4, 0.5) is 0 Å². The van der Waals surface area contributed by atoms with E-state index in [0.717, 1.165) is 17.0 Å². The van der Waals surface area contributed by atoms with Crippen molar-refractivity contribution in [2.24, 2.45) is 14.1 Å². The summed E-state index contributed by atoms with van der Waals surface area (Å²) in [4.78, 5) is 29.9. The highest BCUT2D eigenvalue weighted by Crippen LogP contribution is 2.18. The number of fused-ring (bicyclic) bond motifs is 1. The molecule has 0 unspecified atom stereocenters. The van der Waals surface area contributed by atoms with Crippen molar-refractivity contribution in [3.8, 4) is 5.95 Å². The molecule has 0 atom stereocenters. The van der Waals surface area contributed by atoms with E-state index in [2.05, 4.69) is 10.1 Å². The quantitative estimate of drug-likeness (QED) is 0.668. The number of rotatable bonds is 3. The van der Waals surface area contributed by atoms with Gasteiger partial charge in [-0.05, 0) is 33.3 Å². The van der Waals surface area contributed by atoms with Gasteiger partial charge in [-0.1, -0.05) is 12.2 Å². The Bertz CT molecular complexity index is 1120. The molecule has 0 N–H and O–H groups in total. The van der Waals surface area contributed by atoms with Crippen LogP contribution in [0.1, 0.15) is 23.9 Å². The lowest BCUT2D eigenvalue weighted by molar-refractivity contribution is 0.664. The molecule has 3 rings (SSSR count). The first-order valence-corrected chi connectivity index (χ1v) is 8.10. The third kappa shape index (κ3) is 2.36. The van der Waals surface area contributed by atoms with Crippen molar-refractivity contribution in [1.29, 1.82) is 0 Å². The van der Waals surface area contributed by atoms with Crippen LogP contribution < -0.4 is 11.2 Å². The van der Waals surface area contributed by atoms with Crippen molar-refractivity contribution in [2.45, 2.75) is 34.2 Å². The fourth-order valence-corrected chi connectivity index (χ4v) is 2.91. The second kappa shape index (κ2) is 5.87. The van der Waals surface area contributed by atoms with Crippen molar-refractivity contribution in [3.63, 3.8) is 0 Å². The molecule has 0 aliphatic carbocycles. The van der Waals surface area contributed by atoms with E-state index in [1.807, 2.05) is 33.8 Å². The minimum absolute atomic E-state index is 0.234. The fourth-order valence-electron chi connectivity index (χ4n) is 2.91. The van der Waals surface area contributed by atoms with E-state index >= 15 is 0 Å². The van der Waals surface area contributed by atoms with Crippen LogP contribution in [0.2, 0.25) is 0 Å². The van der Waals surface area contributed by atoms with E-state index in [1.54, 1.807) is 29.4 Å². The highest BCUT2D eigenvalue weighted by Gasteiger charge is 2.21. The van der Waals surface area contributed by atoms with Crippen LogP contribution in [0.5, 0.6) is 0 Å². The molecule has 3 aromatic heterocycles. The molecule has 0 saturated heterocycles. The number of aromatic nitrogens is 6. The van der Waals surface area contributed by atoms with Gasteiger partial charge in [-0.25, -0.2) is 9.48 Å². The summed E-state index contributed by atoms with van der Waals surface area (Å²) in [5.41, 5.74) is 2.94. The van der Waals surface area contributed by atoms with Crippen LogP contribution in [0.25, 0.3) is 17.1 Å².